The molecule has 0 heterocycles. The maximum atomic E-state index is 11.6. The zero-order valence-corrected chi connectivity index (χ0v) is 10.6. The fourth-order valence-corrected chi connectivity index (χ4v) is 1.67. The van der Waals surface area contributed by atoms with E-state index in [4.69, 9.17) is 11.5 Å². The van der Waals surface area contributed by atoms with E-state index in [0.717, 1.165) is 5.56 Å². The zero-order chi connectivity index (χ0) is 14.1. The molecule has 0 spiro atoms. The van der Waals surface area contributed by atoms with Crippen LogP contribution in [0.2, 0.25) is 0 Å². The molecule has 1 atom stereocenters. The fourth-order valence-electron chi connectivity index (χ4n) is 1.67. The van der Waals surface area contributed by atoms with Crippen LogP contribution in [0.25, 0.3) is 0 Å². The van der Waals surface area contributed by atoms with Crippen molar-refractivity contribution >= 4 is 11.9 Å². The minimum atomic E-state index is -1.03. The minimum absolute atomic E-state index is 0.253. The number of carboxylic acids is 1. The Morgan fingerprint density at radius 2 is 2.00 bits per heavy atom. The second-order valence-electron chi connectivity index (χ2n) is 4.21. The first kappa shape index (κ1) is 14.8. The van der Waals surface area contributed by atoms with E-state index in [1.165, 1.54) is 0 Å². The van der Waals surface area contributed by atoms with Gasteiger partial charge < -0.3 is 10.4 Å². The molecule has 100 valence electrons. The van der Waals surface area contributed by atoms with Gasteiger partial charge in [-0.25, -0.2) is 4.79 Å². The third kappa shape index (κ3) is 5.73. The first-order chi connectivity index (χ1) is 9.13. The number of hydrogen-bond donors (Lipinski definition) is 2. The summed E-state index contributed by atoms with van der Waals surface area (Å²) in [5.41, 5.74) is 0.874. The van der Waals surface area contributed by atoms with Crippen LogP contribution in [0.3, 0.4) is 0 Å². The van der Waals surface area contributed by atoms with Gasteiger partial charge in [0.05, 0.1) is 0 Å². The van der Waals surface area contributed by atoms with Gasteiger partial charge in [0, 0.05) is 19.3 Å². The van der Waals surface area contributed by atoms with E-state index >= 15 is 0 Å². The van der Waals surface area contributed by atoms with E-state index in [9.17, 15) is 9.59 Å². The van der Waals surface area contributed by atoms with Crippen molar-refractivity contribution in [3.63, 3.8) is 0 Å². The number of terminal acetylenes is 1. The Labute approximate surface area is 112 Å². The summed E-state index contributed by atoms with van der Waals surface area (Å²) in [6.07, 6.45) is 6.71. The van der Waals surface area contributed by atoms with Crippen LogP contribution in [0.5, 0.6) is 0 Å². The standard InChI is InChI=1S/C15H17NO3/c1-2-3-5-10-14(17)16-13(15(18)19)11-12-8-6-4-7-9-12/h1,4,6-9,13H,3,5,10-11H2,(H,16,17)(H,18,19). The number of rotatable bonds is 7. The molecule has 1 aromatic rings. The van der Waals surface area contributed by atoms with Gasteiger partial charge in [-0.3, -0.25) is 4.79 Å². The molecular formula is C15H17NO3. The fraction of sp³-hybridized carbons (Fsp3) is 0.333. The minimum Gasteiger partial charge on any atom is -0.480 e. The molecule has 0 fully saturated rings. The van der Waals surface area contributed by atoms with Gasteiger partial charge in [0.15, 0.2) is 0 Å². The summed E-state index contributed by atoms with van der Waals surface area (Å²) >= 11 is 0. The van der Waals surface area contributed by atoms with Gasteiger partial charge in [0.2, 0.25) is 5.91 Å². The maximum Gasteiger partial charge on any atom is 0.326 e. The van der Waals surface area contributed by atoms with E-state index in [1.54, 1.807) is 0 Å². The highest BCUT2D eigenvalue weighted by Gasteiger charge is 2.19. The van der Waals surface area contributed by atoms with Gasteiger partial charge in [-0.05, 0) is 12.0 Å². The van der Waals surface area contributed by atoms with Crippen molar-refractivity contribution in [2.24, 2.45) is 0 Å². The Morgan fingerprint density at radius 1 is 1.32 bits per heavy atom. The maximum absolute atomic E-state index is 11.6. The molecule has 0 radical (unpaired) electrons. The summed E-state index contributed by atoms with van der Waals surface area (Å²) in [5, 5.41) is 11.6. The number of hydrogen-bond acceptors (Lipinski definition) is 2. The molecule has 0 saturated carbocycles. The molecule has 1 unspecified atom stereocenters. The lowest BCUT2D eigenvalue weighted by molar-refractivity contribution is -0.141. The Balaban J connectivity index is 2.52. The lowest BCUT2D eigenvalue weighted by atomic mass is 10.1. The molecular weight excluding hydrogens is 242 g/mol. The van der Waals surface area contributed by atoms with Crippen LogP contribution in [0.4, 0.5) is 0 Å². The van der Waals surface area contributed by atoms with Crippen LogP contribution in [0, 0.1) is 12.3 Å². The predicted molar refractivity (Wildman–Crippen MR) is 72.4 cm³/mol. The van der Waals surface area contributed by atoms with Crippen LogP contribution < -0.4 is 5.32 Å². The number of unbranched alkanes of at least 4 members (excludes halogenated alkanes) is 1. The Kier molecular flexibility index (Phi) is 6.17. The summed E-state index contributed by atoms with van der Waals surface area (Å²) in [6, 6.07) is 8.30. The highest BCUT2D eigenvalue weighted by atomic mass is 16.4. The topological polar surface area (TPSA) is 66.4 Å². The number of amides is 1. The number of benzene rings is 1. The molecule has 0 bridgehead atoms. The van der Waals surface area contributed by atoms with Gasteiger partial charge in [-0.2, -0.15) is 0 Å². The number of carboxylic acid groups (broad SMARTS) is 1. The summed E-state index contributed by atoms with van der Waals surface area (Å²) < 4.78 is 0. The third-order valence-corrected chi connectivity index (χ3v) is 2.64. The van der Waals surface area contributed by atoms with Gasteiger partial charge in [-0.15, -0.1) is 12.3 Å². The molecule has 1 amide bonds. The molecule has 4 nitrogen and oxygen atoms in total. The van der Waals surface area contributed by atoms with Crippen LogP contribution in [0.15, 0.2) is 30.3 Å². The average Bonchev–Trinajstić information content (AvgIpc) is 2.39. The first-order valence-corrected chi connectivity index (χ1v) is 6.13. The lowest BCUT2D eigenvalue weighted by Crippen LogP contribution is -2.42. The number of aliphatic carboxylic acids is 1. The molecule has 0 saturated heterocycles. The lowest BCUT2D eigenvalue weighted by Gasteiger charge is -2.14. The monoisotopic (exact) mass is 259 g/mol. The highest BCUT2D eigenvalue weighted by Crippen LogP contribution is 2.04. The Hall–Kier alpha value is -2.28. The largest absolute Gasteiger partial charge is 0.480 e. The molecule has 0 aromatic heterocycles. The molecule has 2 N–H and O–H groups in total. The number of carbonyl (C=O) groups is 2. The van der Waals surface area contributed by atoms with E-state index in [0.29, 0.717) is 12.8 Å². The molecule has 1 rings (SSSR count). The molecule has 19 heavy (non-hydrogen) atoms. The summed E-state index contributed by atoms with van der Waals surface area (Å²) in [6.45, 7) is 0. The molecule has 0 aliphatic carbocycles. The molecule has 0 aliphatic rings. The van der Waals surface area contributed by atoms with Crippen LogP contribution in [0.1, 0.15) is 24.8 Å². The van der Waals surface area contributed by atoms with E-state index in [-0.39, 0.29) is 18.7 Å². The van der Waals surface area contributed by atoms with Crippen molar-refractivity contribution in [2.75, 3.05) is 0 Å². The second-order valence-corrected chi connectivity index (χ2v) is 4.21. The van der Waals surface area contributed by atoms with Crippen molar-refractivity contribution in [2.45, 2.75) is 31.7 Å². The summed E-state index contributed by atoms with van der Waals surface area (Å²) in [4.78, 5) is 22.7. The summed E-state index contributed by atoms with van der Waals surface area (Å²) in [5.74, 6) is 1.13. The summed E-state index contributed by atoms with van der Waals surface area (Å²) in [7, 11) is 0. The van der Waals surface area contributed by atoms with E-state index in [2.05, 4.69) is 11.2 Å². The SMILES string of the molecule is C#CCCCC(=O)NC(Cc1ccccc1)C(=O)O. The third-order valence-electron chi connectivity index (χ3n) is 2.64. The van der Waals surface area contributed by atoms with Gasteiger partial charge >= 0.3 is 5.97 Å². The molecule has 1 aromatic carbocycles. The molecule has 4 heteroatoms. The smallest absolute Gasteiger partial charge is 0.326 e. The Bertz CT molecular complexity index is 462. The van der Waals surface area contributed by atoms with Crippen molar-refractivity contribution in [3.8, 4) is 12.3 Å². The van der Waals surface area contributed by atoms with Gasteiger partial charge in [-0.1, -0.05) is 30.3 Å². The Morgan fingerprint density at radius 3 is 2.58 bits per heavy atom. The van der Waals surface area contributed by atoms with Crippen molar-refractivity contribution in [1.29, 1.82) is 0 Å². The van der Waals surface area contributed by atoms with Crippen LogP contribution in [-0.4, -0.2) is 23.0 Å². The van der Waals surface area contributed by atoms with E-state index in [1.807, 2.05) is 30.3 Å². The quantitative estimate of drug-likeness (QED) is 0.577. The van der Waals surface area contributed by atoms with E-state index < -0.39 is 12.0 Å². The first-order valence-electron chi connectivity index (χ1n) is 6.13. The predicted octanol–water partition coefficient (Wildman–Crippen LogP) is 1.60. The zero-order valence-electron chi connectivity index (χ0n) is 10.6. The van der Waals surface area contributed by atoms with Crippen molar-refractivity contribution in [1.82, 2.24) is 5.32 Å². The molecule has 0 aliphatic heterocycles. The van der Waals surface area contributed by atoms with Gasteiger partial charge in [0.25, 0.3) is 0 Å². The normalized spacial score (nSPS) is 11.3. The number of nitrogens with one attached hydrogen (secondary N) is 1. The van der Waals surface area contributed by atoms with Crippen molar-refractivity contribution < 1.29 is 14.7 Å². The average molecular weight is 259 g/mol. The van der Waals surface area contributed by atoms with Crippen LogP contribution >= 0.6 is 0 Å². The van der Waals surface area contributed by atoms with Gasteiger partial charge in [0.1, 0.15) is 6.04 Å². The second kappa shape index (κ2) is 7.93. The van der Waals surface area contributed by atoms with Crippen LogP contribution in [-0.2, 0) is 16.0 Å². The highest BCUT2D eigenvalue weighted by molar-refractivity contribution is 5.83. The number of carbonyl (C=O) groups excluding carboxylic acids is 1. The van der Waals surface area contributed by atoms with Crippen molar-refractivity contribution in [3.05, 3.63) is 35.9 Å².